The highest BCUT2D eigenvalue weighted by Crippen LogP contribution is 2.34. The monoisotopic (exact) mass is 552 g/mol. The van der Waals surface area contributed by atoms with Crippen LogP contribution in [0.25, 0.3) is 21.8 Å². The summed E-state index contributed by atoms with van der Waals surface area (Å²) >= 11 is 12.7. The Morgan fingerprint density at radius 1 is 1.16 bits per heavy atom. The van der Waals surface area contributed by atoms with Crippen molar-refractivity contribution in [1.29, 1.82) is 0 Å². The van der Waals surface area contributed by atoms with Crippen LogP contribution in [0.15, 0.2) is 47.4 Å². The molecule has 8 nitrogen and oxygen atoms in total. The second-order valence-corrected chi connectivity index (χ2v) is 10.5. The summed E-state index contributed by atoms with van der Waals surface area (Å²) in [5.41, 5.74) is 3.49. The average molecular weight is 553 g/mol. The lowest BCUT2D eigenvalue weighted by molar-refractivity contribution is 0.236. The van der Waals surface area contributed by atoms with Crippen LogP contribution in [0.2, 0.25) is 10.0 Å². The number of fused-ring (bicyclic) bond motifs is 3. The minimum absolute atomic E-state index is 0.196. The lowest BCUT2D eigenvalue weighted by Gasteiger charge is -2.22. The van der Waals surface area contributed by atoms with Crippen LogP contribution < -0.4 is 21.5 Å². The molecule has 2 aromatic heterocycles. The molecule has 1 saturated carbocycles. The molecule has 38 heavy (non-hydrogen) atoms. The molecular weight excluding hydrogens is 523 g/mol. The number of H-pyrrole nitrogens is 1. The highest BCUT2D eigenvalue weighted by atomic mass is 35.5. The van der Waals surface area contributed by atoms with Crippen molar-refractivity contribution in [2.75, 3.05) is 5.32 Å². The summed E-state index contributed by atoms with van der Waals surface area (Å²) in [6, 6.07) is 9.14. The molecule has 0 atom stereocenters. The van der Waals surface area contributed by atoms with E-state index in [1.807, 2.05) is 36.7 Å². The van der Waals surface area contributed by atoms with Gasteiger partial charge >= 0.3 is 6.03 Å². The molecule has 5 rings (SSSR count). The molecule has 0 saturated heterocycles. The quantitative estimate of drug-likeness (QED) is 0.220. The summed E-state index contributed by atoms with van der Waals surface area (Å²) in [6.45, 7) is 1.98. The van der Waals surface area contributed by atoms with Gasteiger partial charge in [0.25, 0.3) is 5.56 Å². The molecule has 2 amide bonds. The maximum absolute atomic E-state index is 13.3. The molecule has 1 aliphatic carbocycles. The zero-order valence-electron chi connectivity index (χ0n) is 21.3. The average Bonchev–Trinajstić information content (AvgIpc) is 3.22. The number of imidazole rings is 1. The van der Waals surface area contributed by atoms with Gasteiger partial charge in [0.15, 0.2) is 0 Å². The van der Waals surface area contributed by atoms with Gasteiger partial charge in [0.1, 0.15) is 0 Å². The number of urea groups is 1. The molecule has 0 radical (unpaired) electrons. The molecule has 4 N–H and O–H groups in total. The Kier molecular flexibility index (Phi) is 7.63. The van der Waals surface area contributed by atoms with Crippen LogP contribution in [0.5, 0.6) is 0 Å². The molecule has 10 heteroatoms. The number of hydrogen-bond donors (Lipinski definition) is 4. The Hall–Kier alpha value is -3.49. The van der Waals surface area contributed by atoms with Gasteiger partial charge in [-0.1, -0.05) is 60.7 Å². The summed E-state index contributed by atoms with van der Waals surface area (Å²) in [5.74, 6) is 0.518. The van der Waals surface area contributed by atoms with E-state index in [1.54, 1.807) is 24.4 Å². The first kappa shape index (κ1) is 26.1. The zero-order chi connectivity index (χ0) is 26.8. The molecule has 0 unspecified atom stereocenters. The van der Waals surface area contributed by atoms with Crippen molar-refractivity contribution in [3.63, 3.8) is 0 Å². The van der Waals surface area contributed by atoms with Crippen LogP contribution in [0.3, 0.4) is 0 Å². The number of rotatable bonds is 6. The molecule has 4 aromatic rings. The first-order valence-electron chi connectivity index (χ1n) is 12.8. The fourth-order valence-electron chi connectivity index (χ4n) is 5.13. The number of para-hydroxylation sites is 1. The first-order chi connectivity index (χ1) is 18.3. The molecule has 198 valence electrons. The number of benzene rings is 2. The van der Waals surface area contributed by atoms with E-state index in [2.05, 4.69) is 25.9 Å². The van der Waals surface area contributed by atoms with Crippen molar-refractivity contribution in [3.8, 4) is 0 Å². The van der Waals surface area contributed by atoms with Crippen LogP contribution in [-0.2, 0) is 13.5 Å². The number of pyridine rings is 1. The van der Waals surface area contributed by atoms with Crippen molar-refractivity contribution < 1.29 is 4.79 Å². The number of anilines is 2. The third-order valence-electron chi connectivity index (χ3n) is 7.18. The Morgan fingerprint density at radius 3 is 2.63 bits per heavy atom. The van der Waals surface area contributed by atoms with Crippen molar-refractivity contribution in [3.05, 3.63) is 74.3 Å². The van der Waals surface area contributed by atoms with Gasteiger partial charge in [0.05, 0.1) is 32.2 Å². The van der Waals surface area contributed by atoms with Gasteiger partial charge in [0, 0.05) is 31.4 Å². The van der Waals surface area contributed by atoms with Crippen LogP contribution in [0.4, 0.5) is 16.4 Å². The van der Waals surface area contributed by atoms with Gasteiger partial charge in [-0.3, -0.25) is 4.79 Å². The van der Waals surface area contributed by atoms with Gasteiger partial charge in [0.2, 0.25) is 5.95 Å². The van der Waals surface area contributed by atoms with Gasteiger partial charge in [-0.25, -0.2) is 9.78 Å². The highest BCUT2D eigenvalue weighted by Gasteiger charge is 2.18. The van der Waals surface area contributed by atoms with E-state index >= 15 is 0 Å². The highest BCUT2D eigenvalue weighted by molar-refractivity contribution is 6.39. The Bertz CT molecular complexity index is 1580. The summed E-state index contributed by atoms with van der Waals surface area (Å²) in [4.78, 5) is 33.2. The molecule has 2 heterocycles. The fourth-order valence-corrected chi connectivity index (χ4v) is 5.63. The molecular formula is C28H30Cl2N6O2. The Labute approximate surface area is 230 Å². The Balaban J connectivity index is 1.38. The summed E-state index contributed by atoms with van der Waals surface area (Å²) < 4.78 is 1.83. The second kappa shape index (κ2) is 11.1. The smallest absolute Gasteiger partial charge is 0.318 e. The van der Waals surface area contributed by atoms with Crippen LogP contribution >= 0.6 is 23.2 Å². The summed E-state index contributed by atoms with van der Waals surface area (Å²) in [6.07, 6.45) is 9.56. The molecule has 0 aliphatic heterocycles. The van der Waals surface area contributed by atoms with E-state index in [4.69, 9.17) is 23.2 Å². The van der Waals surface area contributed by atoms with Gasteiger partial charge in [-0.15, -0.1) is 0 Å². The number of aromatic nitrogens is 3. The minimum Gasteiger partial charge on any atom is -0.335 e. The molecule has 2 aromatic carbocycles. The first-order valence-corrected chi connectivity index (χ1v) is 13.5. The number of nitrogens with one attached hydrogen (secondary N) is 4. The van der Waals surface area contributed by atoms with Crippen molar-refractivity contribution in [2.45, 2.75) is 51.5 Å². The second-order valence-electron chi connectivity index (χ2n) is 9.69. The van der Waals surface area contributed by atoms with Gasteiger partial charge < -0.3 is 25.5 Å². The Morgan fingerprint density at radius 2 is 1.89 bits per heavy atom. The number of aromatic amines is 1. The number of halogens is 2. The van der Waals surface area contributed by atoms with E-state index in [0.717, 1.165) is 42.3 Å². The number of aryl methyl sites for hydroxylation is 2. The topological polar surface area (TPSA) is 104 Å². The largest absolute Gasteiger partial charge is 0.335 e. The maximum atomic E-state index is 13.3. The number of nitrogens with zero attached hydrogens (tertiary/aromatic N) is 2. The molecule has 0 spiro atoms. The van der Waals surface area contributed by atoms with Crippen LogP contribution in [0, 0.1) is 6.92 Å². The van der Waals surface area contributed by atoms with Crippen LogP contribution in [0.1, 0.15) is 43.4 Å². The van der Waals surface area contributed by atoms with Crippen molar-refractivity contribution >= 4 is 62.7 Å². The van der Waals surface area contributed by atoms with E-state index in [-0.39, 0.29) is 17.6 Å². The predicted octanol–water partition coefficient (Wildman–Crippen LogP) is 6.46. The number of amides is 2. The van der Waals surface area contributed by atoms with Gasteiger partial charge in [-0.05, 0) is 48.9 Å². The van der Waals surface area contributed by atoms with Gasteiger partial charge in [-0.2, -0.15) is 0 Å². The van der Waals surface area contributed by atoms with Crippen molar-refractivity contribution in [1.82, 2.24) is 25.2 Å². The minimum atomic E-state index is -0.201. The molecule has 1 fully saturated rings. The number of carbonyl (C=O) groups excluding carboxylic acids is 1. The SMILES string of the molecule is Cc1c(CC=CNC(=O)NC2CCCCC2)[nH]c(=O)c2c1ccc1nc(Nc3c(Cl)cccc3Cl)n(C)c12. The summed E-state index contributed by atoms with van der Waals surface area (Å²) in [5, 5.41) is 11.4. The summed E-state index contributed by atoms with van der Waals surface area (Å²) in [7, 11) is 1.84. The van der Waals surface area contributed by atoms with E-state index in [0.29, 0.717) is 44.5 Å². The third kappa shape index (κ3) is 5.24. The van der Waals surface area contributed by atoms with Crippen molar-refractivity contribution in [2.24, 2.45) is 7.05 Å². The fraction of sp³-hybridized carbons (Fsp3) is 0.321. The van der Waals surface area contributed by atoms with E-state index in [9.17, 15) is 9.59 Å². The normalized spacial score (nSPS) is 14.4. The lowest BCUT2D eigenvalue weighted by Crippen LogP contribution is -2.41. The van der Waals surface area contributed by atoms with Crippen LogP contribution in [-0.4, -0.2) is 26.6 Å². The number of hydrogen-bond acceptors (Lipinski definition) is 4. The lowest BCUT2D eigenvalue weighted by atomic mass is 9.96. The number of allylic oxidation sites excluding steroid dienone is 1. The zero-order valence-corrected chi connectivity index (χ0v) is 22.8. The van der Waals surface area contributed by atoms with E-state index in [1.165, 1.54) is 6.42 Å². The van der Waals surface area contributed by atoms with E-state index < -0.39 is 0 Å². The maximum Gasteiger partial charge on any atom is 0.318 e. The third-order valence-corrected chi connectivity index (χ3v) is 7.81. The predicted molar refractivity (Wildman–Crippen MR) is 155 cm³/mol. The molecule has 0 bridgehead atoms. The standard InChI is InChI=1S/C28H30Cl2N6O2/c1-16-18-13-14-22-25(36(2)27(34-22)35-24-19(29)10-6-11-20(24)30)23(18)26(37)33-21(16)12-7-15-31-28(38)32-17-8-4-3-5-9-17/h6-7,10-11,13-15,17H,3-5,8-9,12H2,1-2H3,(H,33,37)(H,34,35)(H2,31,32,38). The number of carbonyl (C=O) groups is 1. The molecule has 1 aliphatic rings.